The maximum Gasteiger partial charge on any atom is 0.327 e. The summed E-state index contributed by atoms with van der Waals surface area (Å²) < 4.78 is 0. The fourth-order valence-corrected chi connectivity index (χ4v) is 2.13. The first kappa shape index (κ1) is 19.4. The lowest BCUT2D eigenvalue weighted by Gasteiger charge is -2.01. The highest BCUT2D eigenvalue weighted by molar-refractivity contribution is 5.79. The minimum Gasteiger partial charge on any atom is -0.478 e. The second-order valence-electron chi connectivity index (χ2n) is 5.24. The van der Waals surface area contributed by atoms with E-state index in [0.29, 0.717) is 0 Å². The zero-order valence-corrected chi connectivity index (χ0v) is 12.8. The Hall–Kier alpha value is -1.58. The van der Waals surface area contributed by atoms with Gasteiger partial charge in [-0.05, 0) is 25.7 Å². The van der Waals surface area contributed by atoms with Crippen molar-refractivity contribution in [1.82, 2.24) is 0 Å². The second-order valence-corrected chi connectivity index (χ2v) is 5.24. The Morgan fingerprint density at radius 1 is 0.571 bits per heavy atom. The van der Waals surface area contributed by atoms with Crippen molar-refractivity contribution in [3.63, 3.8) is 0 Å². The smallest absolute Gasteiger partial charge is 0.327 e. The monoisotopic (exact) mass is 296 g/mol. The fourth-order valence-electron chi connectivity index (χ4n) is 2.13. The first-order valence-electron chi connectivity index (χ1n) is 7.92. The minimum atomic E-state index is -0.867. The minimum absolute atomic E-state index is 0.857. The van der Waals surface area contributed by atoms with Crippen molar-refractivity contribution >= 4 is 11.9 Å². The molecule has 0 aliphatic carbocycles. The highest BCUT2D eigenvalue weighted by Gasteiger charge is 1.93. The summed E-state index contributed by atoms with van der Waals surface area (Å²) in [4.78, 5) is 20.5. The summed E-state index contributed by atoms with van der Waals surface area (Å²) in [6, 6.07) is 0. The van der Waals surface area contributed by atoms with Gasteiger partial charge in [-0.1, -0.05) is 57.1 Å². The van der Waals surface area contributed by atoms with Crippen molar-refractivity contribution in [3.8, 4) is 0 Å². The third kappa shape index (κ3) is 18.4. The number of hydrogen-bond acceptors (Lipinski definition) is 2. The number of carboxylic acids is 2. The van der Waals surface area contributed by atoms with E-state index < -0.39 is 11.9 Å². The lowest BCUT2D eigenvalue weighted by Crippen LogP contribution is -1.86. The van der Waals surface area contributed by atoms with E-state index in [1.165, 1.54) is 57.1 Å². The van der Waals surface area contributed by atoms with E-state index in [9.17, 15) is 9.59 Å². The zero-order valence-electron chi connectivity index (χ0n) is 12.8. The Kier molecular flexibility index (Phi) is 13.7. The number of carboxylic acid groups (broad SMARTS) is 2. The van der Waals surface area contributed by atoms with Gasteiger partial charge in [-0.25, -0.2) is 9.59 Å². The topological polar surface area (TPSA) is 74.6 Å². The van der Waals surface area contributed by atoms with E-state index in [0.717, 1.165) is 25.7 Å². The predicted molar refractivity (Wildman–Crippen MR) is 84.3 cm³/mol. The molecule has 0 aliphatic rings. The Labute approximate surface area is 127 Å². The van der Waals surface area contributed by atoms with Gasteiger partial charge in [-0.2, -0.15) is 0 Å². The average molecular weight is 296 g/mol. The molecule has 0 aromatic heterocycles. The van der Waals surface area contributed by atoms with Gasteiger partial charge in [0.1, 0.15) is 0 Å². The Bertz CT molecular complexity index is 300. The number of carbonyl (C=O) groups is 2. The summed E-state index contributed by atoms with van der Waals surface area (Å²) in [6.45, 7) is 0. The highest BCUT2D eigenvalue weighted by atomic mass is 16.4. The Morgan fingerprint density at radius 2 is 0.857 bits per heavy atom. The van der Waals surface area contributed by atoms with Crippen LogP contribution in [0.3, 0.4) is 0 Å². The van der Waals surface area contributed by atoms with Gasteiger partial charge >= 0.3 is 11.9 Å². The van der Waals surface area contributed by atoms with E-state index in [1.807, 2.05) is 0 Å². The summed E-state index contributed by atoms with van der Waals surface area (Å²) in [5.74, 6) is -1.73. The molecule has 0 radical (unpaired) electrons. The number of hydrogen-bond donors (Lipinski definition) is 2. The molecule has 0 atom stereocenters. The summed E-state index contributed by atoms with van der Waals surface area (Å²) in [6.07, 6.45) is 18.3. The normalized spacial score (nSPS) is 11.4. The van der Waals surface area contributed by atoms with E-state index >= 15 is 0 Å². The van der Waals surface area contributed by atoms with Crippen molar-refractivity contribution in [2.24, 2.45) is 0 Å². The lowest BCUT2D eigenvalue weighted by molar-refractivity contribution is -0.132. The van der Waals surface area contributed by atoms with E-state index in [1.54, 1.807) is 12.2 Å². The van der Waals surface area contributed by atoms with Gasteiger partial charge < -0.3 is 10.2 Å². The van der Waals surface area contributed by atoms with Crippen LogP contribution in [0.5, 0.6) is 0 Å². The molecule has 4 nitrogen and oxygen atoms in total. The maximum atomic E-state index is 10.2. The Morgan fingerprint density at radius 3 is 1.14 bits per heavy atom. The van der Waals surface area contributed by atoms with Crippen LogP contribution in [0.2, 0.25) is 0 Å². The summed E-state index contributed by atoms with van der Waals surface area (Å²) in [5, 5.41) is 16.8. The molecule has 0 spiro atoms. The van der Waals surface area contributed by atoms with Gasteiger partial charge in [0, 0.05) is 12.2 Å². The van der Waals surface area contributed by atoms with Crippen LogP contribution in [0.4, 0.5) is 0 Å². The third-order valence-electron chi connectivity index (χ3n) is 3.26. The fraction of sp³-hybridized carbons (Fsp3) is 0.647. The molecule has 4 heteroatoms. The van der Waals surface area contributed by atoms with Gasteiger partial charge in [-0.3, -0.25) is 0 Å². The SMILES string of the molecule is O=C(O)C=CCCCCCCCCCCCC=CC(=O)O. The number of allylic oxidation sites excluding steroid dienone is 2. The standard InChI is InChI=1S/C17H28O4/c18-16(19)14-12-10-8-6-4-2-1-3-5-7-9-11-13-15-17(20)21/h12-15H,1-11H2,(H,18,19)(H,20,21). The molecule has 21 heavy (non-hydrogen) atoms. The average Bonchev–Trinajstić information content (AvgIpc) is 2.42. The number of rotatable bonds is 14. The van der Waals surface area contributed by atoms with Crippen LogP contribution in [-0.2, 0) is 9.59 Å². The maximum absolute atomic E-state index is 10.2. The van der Waals surface area contributed by atoms with Crippen molar-refractivity contribution in [3.05, 3.63) is 24.3 Å². The van der Waals surface area contributed by atoms with Crippen LogP contribution >= 0.6 is 0 Å². The molecular formula is C17H28O4. The van der Waals surface area contributed by atoms with Crippen molar-refractivity contribution in [2.75, 3.05) is 0 Å². The van der Waals surface area contributed by atoms with E-state index in [4.69, 9.17) is 10.2 Å². The molecule has 0 saturated carbocycles. The van der Waals surface area contributed by atoms with Gasteiger partial charge in [0.15, 0.2) is 0 Å². The molecule has 0 aromatic rings. The molecule has 0 amide bonds. The summed E-state index contributed by atoms with van der Waals surface area (Å²) in [7, 11) is 0. The van der Waals surface area contributed by atoms with Crippen LogP contribution in [-0.4, -0.2) is 22.2 Å². The number of unbranched alkanes of at least 4 members (excludes halogenated alkanes) is 10. The first-order valence-corrected chi connectivity index (χ1v) is 7.92. The Balaban J connectivity index is 3.12. The van der Waals surface area contributed by atoms with Crippen LogP contribution < -0.4 is 0 Å². The number of aliphatic carboxylic acids is 2. The largest absolute Gasteiger partial charge is 0.478 e. The zero-order chi connectivity index (χ0) is 15.8. The van der Waals surface area contributed by atoms with Crippen LogP contribution in [0.1, 0.15) is 70.6 Å². The van der Waals surface area contributed by atoms with Gasteiger partial charge in [0.05, 0.1) is 0 Å². The van der Waals surface area contributed by atoms with E-state index in [2.05, 4.69) is 0 Å². The van der Waals surface area contributed by atoms with Crippen molar-refractivity contribution < 1.29 is 19.8 Å². The molecule has 0 saturated heterocycles. The second kappa shape index (κ2) is 14.8. The summed E-state index contributed by atoms with van der Waals surface area (Å²) in [5.41, 5.74) is 0. The molecule has 120 valence electrons. The molecule has 2 N–H and O–H groups in total. The molecule has 0 fully saturated rings. The van der Waals surface area contributed by atoms with Crippen molar-refractivity contribution in [2.45, 2.75) is 70.6 Å². The predicted octanol–water partition coefficient (Wildman–Crippen LogP) is 4.56. The lowest BCUT2D eigenvalue weighted by atomic mass is 10.1. The molecule has 0 aliphatic heterocycles. The molecule has 0 unspecified atom stereocenters. The molecular weight excluding hydrogens is 268 g/mol. The van der Waals surface area contributed by atoms with Crippen LogP contribution in [0.25, 0.3) is 0 Å². The van der Waals surface area contributed by atoms with Gasteiger partial charge in [0.25, 0.3) is 0 Å². The quantitative estimate of drug-likeness (QED) is 0.364. The highest BCUT2D eigenvalue weighted by Crippen LogP contribution is 2.11. The van der Waals surface area contributed by atoms with Crippen molar-refractivity contribution in [1.29, 1.82) is 0 Å². The van der Waals surface area contributed by atoms with Gasteiger partial charge in [-0.15, -0.1) is 0 Å². The summed E-state index contributed by atoms with van der Waals surface area (Å²) >= 11 is 0. The van der Waals surface area contributed by atoms with Crippen LogP contribution in [0, 0.1) is 0 Å². The molecule has 0 heterocycles. The van der Waals surface area contributed by atoms with Crippen LogP contribution in [0.15, 0.2) is 24.3 Å². The first-order chi connectivity index (χ1) is 10.1. The molecule has 0 bridgehead atoms. The third-order valence-corrected chi connectivity index (χ3v) is 3.26. The van der Waals surface area contributed by atoms with E-state index in [-0.39, 0.29) is 0 Å². The molecule has 0 aromatic carbocycles. The molecule has 0 rings (SSSR count). The van der Waals surface area contributed by atoms with Gasteiger partial charge in [0.2, 0.25) is 0 Å².